The lowest BCUT2D eigenvalue weighted by atomic mass is 10.0. The van der Waals surface area contributed by atoms with Crippen molar-refractivity contribution in [3.8, 4) is 0 Å². The van der Waals surface area contributed by atoms with Gasteiger partial charge in [-0.25, -0.2) is 0 Å². The summed E-state index contributed by atoms with van der Waals surface area (Å²) in [6, 6.07) is 11.1. The molecule has 4 nitrogen and oxygen atoms in total. The van der Waals surface area contributed by atoms with Crippen molar-refractivity contribution in [3.63, 3.8) is 0 Å². The number of furan rings is 1. The lowest BCUT2D eigenvalue weighted by Gasteiger charge is -2.20. The van der Waals surface area contributed by atoms with E-state index in [2.05, 4.69) is 21.2 Å². The van der Waals surface area contributed by atoms with E-state index in [1.807, 2.05) is 29.6 Å². The summed E-state index contributed by atoms with van der Waals surface area (Å²) in [5, 5.41) is 16.1. The minimum absolute atomic E-state index is 0.0706. The second kappa shape index (κ2) is 5.87. The highest BCUT2D eigenvalue weighted by Gasteiger charge is 2.28. The highest BCUT2D eigenvalue weighted by Crippen LogP contribution is 2.27. The average molecular weight is 380 g/mol. The van der Waals surface area contributed by atoms with Gasteiger partial charge in [-0.3, -0.25) is 4.79 Å². The fourth-order valence-electron chi connectivity index (χ4n) is 2.11. The molecular weight excluding hydrogens is 366 g/mol. The van der Waals surface area contributed by atoms with Crippen LogP contribution in [-0.4, -0.2) is 17.6 Å². The molecule has 2 aromatic heterocycles. The van der Waals surface area contributed by atoms with Gasteiger partial charge in [-0.1, -0.05) is 18.2 Å². The molecule has 114 valence electrons. The standard InChI is InChI=1S/C16H14BrNO3S/c1-16(20,9-18-15(19)13-7-11(17)8-22-13)14-6-10-4-2-3-5-12(10)21-14/h2-8,20H,9H2,1H3,(H,18,19). The molecule has 0 aliphatic rings. The van der Waals surface area contributed by atoms with Crippen molar-refractivity contribution in [2.45, 2.75) is 12.5 Å². The van der Waals surface area contributed by atoms with Gasteiger partial charge in [-0.05, 0) is 41.1 Å². The van der Waals surface area contributed by atoms with E-state index in [9.17, 15) is 9.90 Å². The van der Waals surface area contributed by atoms with Crippen molar-refractivity contribution < 1.29 is 14.3 Å². The average Bonchev–Trinajstić information content (AvgIpc) is 3.11. The van der Waals surface area contributed by atoms with E-state index < -0.39 is 5.60 Å². The number of rotatable bonds is 4. The molecule has 6 heteroatoms. The van der Waals surface area contributed by atoms with E-state index in [1.54, 1.807) is 19.1 Å². The van der Waals surface area contributed by atoms with Gasteiger partial charge in [0.25, 0.3) is 5.91 Å². The van der Waals surface area contributed by atoms with Crippen LogP contribution in [0.5, 0.6) is 0 Å². The number of carbonyl (C=O) groups is 1. The smallest absolute Gasteiger partial charge is 0.261 e. The minimum atomic E-state index is -1.27. The number of carbonyl (C=O) groups excluding carboxylic acids is 1. The van der Waals surface area contributed by atoms with Crippen molar-refractivity contribution in [1.82, 2.24) is 5.32 Å². The topological polar surface area (TPSA) is 62.5 Å². The summed E-state index contributed by atoms with van der Waals surface area (Å²) in [5.41, 5.74) is -0.560. The zero-order valence-electron chi connectivity index (χ0n) is 11.8. The minimum Gasteiger partial charge on any atom is -0.458 e. The maximum Gasteiger partial charge on any atom is 0.261 e. The number of hydrogen-bond donors (Lipinski definition) is 2. The van der Waals surface area contributed by atoms with Crippen molar-refractivity contribution in [3.05, 3.63) is 56.9 Å². The molecule has 0 saturated carbocycles. The molecule has 3 rings (SSSR count). The first kappa shape index (κ1) is 15.3. The molecule has 0 bridgehead atoms. The highest BCUT2D eigenvalue weighted by molar-refractivity contribution is 9.10. The number of aliphatic hydroxyl groups is 1. The first-order valence-corrected chi connectivity index (χ1v) is 8.37. The third-order valence-corrected chi connectivity index (χ3v) is 5.03. The van der Waals surface area contributed by atoms with E-state index in [-0.39, 0.29) is 12.5 Å². The van der Waals surface area contributed by atoms with E-state index in [0.717, 1.165) is 9.86 Å². The van der Waals surface area contributed by atoms with Crippen LogP contribution in [0, 0.1) is 0 Å². The lowest BCUT2D eigenvalue weighted by Crippen LogP contribution is -2.38. The first-order valence-electron chi connectivity index (χ1n) is 6.69. The number of halogens is 1. The number of thiophene rings is 1. The van der Waals surface area contributed by atoms with E-state index >= 15 is 0 Å². The summed E-state index contributed by atoms with van der Waals surface area (Å²) in [7, 11) is 0. The van der Waals surface area contributed by atoms with Gasteiger partial charge >= 0.3 is 0 Å². The predicted octanol–water partition coefficient (Wildman–Crippen LogP) is 3.89. The number of para-hydroxylation sites is 1. The first-order chi connectivity index (χ1) is 10.5. The van der Waals surface area contributed by atoms with Crippen LogP contribution in [0.15, 0.2) is 50.7 Å². The van der Waals surface area contributed by atoms with Gasteiger partial charge in [0.15, 0.2) is 0 Å². The summed E-state index contributed by atoms with van der Waals surface area (Å²) in [6.07, 6.45) is 0. The molecule has 0 saturated heterocycles. The fraction of sp³-hybridized carbons (Fsp3) is 0.188. The van der Waals surface area contributed by atoms with Gasteiger partial charge in [-0.15, -0.1) is 11.3 Å². The molecule has 1 atom stereocenters. The van der Waals surface area contributed by atoms with Gasteiger partial charge in [0.2, 0.25) is 0 Å². The number of benzene rings is 1. The molecule has 22 heavy (non-hydrogen) atoms. The fourth-order valence-corrected chi connectivity index (χ4v) is 3.45. The monoisotopic (exact) mass is 379 g/mol. The summed E-state index contributed by atoms with van der Waals surface area (Å²) < 4.78 is 6.54. The SMILES string of the molecule is CC(O)(CNC(=O)c1cc(Br)cs1)c1cc2ccccc2o1. The zero-order valence-corrected chi connectivity index (χ0v) is 14.2. The molecule has 1 amide bonds. The van der Waals surface area contributed by atoms with Gasteiger partial charge in [-0.2, -0.15) is 0 Å². The molecule has 0 fully saturated rings. The highest BCUT2D eigenvalue weighted by atomic mass is 79.9. The van der Waals surface area contributed by atoms with Crippen LogP contribution in [0.1, 0.15) is 22.4 Å². The normalized spacial score (nSPS) is 14.0. The number of hydrogen-bond acceptors (Lipinski definition) is 4. The molecule has 0 aliphatic heterocycles. The zero-order chi connectivity index (χ0) is 15.7. The van der Waals surface area contributed by atoms with Crippen molar-refractivity contribution in [1.29, 1.82) is 0 Å². The van der Waals surface area contributed by atoms with Crippen molar-refractivity contribution >= 4 is 44.1 Å². The summed E-state index contributed by atoms with van der Waals surface area (Å²) in [5.74, 6) is 0.216. The number of nitrogens with one attached hydrogen (secondary N) is 1. The van der Waals surface area contributed by atoms with E-state index in [0.29, 0.717) is 16.2 Å². The Bertz CT molecular complexity index is 789. The Labute approximate surface area is 139 Å². The van der Waals surface area contributed by atoms with Crippen molar-refractivity contribution in [2.75, 3.05) is 6.54 Å². The van der Waals surface area contributed by atoms with Crippen molar-refractivity contribution in [2.24, 2.45) is 0 Å². The molecule has 1 unspecified atom stereocenters. The van der Waals surface area contributed by atoms with Gasteiger partial charge in [0.05, 0.1) is 11.4 Å². The van der Waals surface area contributed by atoms with Crippen LogP contribution in [0.3, 0.4) is 0 Å². The maximum absolute atomic E-state index is 12.0. The Balaban J connectivity index is 1.74. The molecule has 2 heterocycles. The third-order valence-electron chi connectivity index (χ3n) is 3.34. The predicted molar refractivity (Wildman–Crippen MR) is 90.1 cm³/mol. The molecule has 2 N–H and O–H groups in total. The Morgan fingerprint density at radius 1 is 1.41 bits per heavy atom. The number of fused-ring (bicyclic) bond motifs is 1. The number of amides is 1. The Morgan fingerprint density at radius 2 is 2.18 bits per heavy atom. The quantitative estimate of drug-likeness (QED) is 0.722. The Morgan fingerprint density at radius 3 is 2.86 bits per heavy atom. The van der Waals surface area contributed by atoms with Gasteiger partial charge in [0.1, 0.15) is 16.9 Å². The largest absolute Gasteiger partial charge is 0.458 e. The molecule has 3 aromatic rings. The van der Waals surface area contributed by atoms with Crippen LogP contribution >= 0.6 is 27.3 Å². The second-order valence-corrected chi connectivity index (χ2v) is 7.06. The van der Waals surface area contributed by atoms with E-state index in [1.165, 1.54) is 11.3 Å². The molecular formula is C16H14BrNO3S. The second-order valence-electron chi connectivity index (χ2n) is 5.23. The van der Waals surface area contributed by atoms with Crippen LogP contribution in [-0.2, 0) is 5.60 Å². The van der Waals surface area contributed by atoms with Crippen LogP contribution in [0.2, 0.25) is 0 Å². The van der Waals surface area contributed by atoms with Gasteiger partial charge in [0, 0.05) is 15.2 Å². The summed E-state index contributed by atoms with van der Waals surface area (Å²) in [4.78, 5) is 12.6. The molecule has 0 spiro atoms. The summed E-state index contributed by atoms with van der Waals surface area (Å²) in [6.45, 7) is 1.69. The summed E-state index contributed by atoms with van der Waals surface area (Å²) >= 11 is 4.66. The van der Waals surface area contributed by atoms with Crippen LogP contribution in [0.25, 0.3) is 11.0 Å². The maximum atomic E-state index is 12.0. The van der Waals surface area contributed by atoms with Crippen LogP contribution in [0.4, 0.5) is 0 Å². The van der Waals surface area contributed by atoms with E-state index in [4.69, 9.17) is 4.42 Å². The lowest BCUT2D eigenvalue weighted by molar-refractivity contribution is 0.0345. The molecule has 0 aliphatic carbocycles. The van der Waals surface area contributed by atoms with Crippen LogP contribution < -0.4 is 5.32 Å². The Hall–Kier alpha value is -1.63. The van der Waals surface area contributed by atoms with Gasteiger partial charge < -0.3 is 14.8 Å². The molecule has 1 aromatic carbocycles. The molecule has 0 radical (unpaired) electrons. The third kappa shape index (κ3) is 3.09. The Kier molecular flexibility index (Phi) is 4.08.